The number of ketones is 1. The third-order valence-electron chi connectivity index (χ3n) is 6.47. The van der Waals surface area contributed by atoms with Crippen LogP contribution in [-0.4, -0.2) is 41.9 Å². The van der Waals surface area contributed by atoms with Gasteiger partial charge in [-0.3, -0.25) is 4.79 Å². The Hall–Kier alpha value is -2.11. The number of pyridine rings is 1. The number of benzene rings is 1. The fourth-order valence-electron chi connectivity index (χ4n) is 4.65. The molecule has 2 aliphatic heterocycles. The van der Waals surface area contributed by atoms with Crippen LogP contribution in [0, 0.1) is 5.41 Å². The maximum Gasteiger partial charge on any atom is 0.220 e. The first-order valence-electron chi connectivity index (χ1n) is 11.5. The monoisotopic (exact) mass is 456 g/mol. The molecule has 172 valence electrons. The number of rotatable bonds is 7. The van der Waals surface area contributed by atoms with Gasteiger partial charge in [-0.2, -0.15) is 4.98 Å². The number of aromatic nitrogens is 1. The molecular weight excluding hydrogens is 424 g/mol. The topological polar surface area (TPSA) is 51.7 Å². The first kappa shape index (κ1) is 23.1. The Morgan fingerprint density at radius 1 is 1.19 bits per heavy atom. The van der Waals surface area contributed by atoms with Crippen molar-refractivity contribution >= 4 is 17.4 Å². The molecule has 1 aromatic heterocycles. The fraction of sp³-hybridized carbons (Fsp3) is 0.538. The van der Waals surface area contributed by atoms with Crippen molar-refractivity contribution < 1.29 is 14.3 Å². The van der Waals surface area contributed by atoms with E-state index in [4.69, 9.17) is 21.1 Å². The predicted molar refractivity (Wildman–Crippen MR) is 127 cm³/mol. The van der Waals surface area contributed by atoms with Crippen molar-refractivity contribution in [2.24, 2.45) is 5.41 Å². The van der Waals surface area contributed by atoms with E-state index in [1.807, 2.05) is 30.3 Å². The van der Waals surface area contributed by atoms with Gasteiger partial charge in [-0.1, -0.05) is 50.6 Å². The maximum absolute atomic E-state index is 12.2. The Morgan fingerprint density at radius 2 is 1.94 bits per heavy atom. The summed E-state index contributed by atoms with van der Waals surface area (Å²) in [4.78, 5) is 19.3. The largest absolute Gasteiger partial charge is 0.476 e. The average molecular weight is 457 g/mol. The lowest BCUT2D eigenvalue weighted by Gasteiger charge is -2.38. The van der Waals surface area contributed by atoms with Crippen molar-refractivity contribution in [1.29, 1.82) is 0 Å². The quantitative estimate of drug-likeness (QED) is 0.555. The normalized spacial score (nSPS) is 17.8. The maximum atomic E-state index is 12.2. The van der Waals surface area contributed by atoms with Crippen molar-refractivity contribution in [3.8, 4) is 11.8 Å². The summed E-state index contributed by atoms with van der Waals surface area (Å²) in [6, 6.07) is 11.7. The Labute approximate surface area is 196 Å². The molecule has 5 nitrogen and oxygen atoms in total. The molecule has 0 saturated carbocycles. The van der Waals surface area contributed by atoms with E-state index in [-0.39, 0.29) is 10.8 Å². The molecule has 1 spiro atoms. The number of likely N-dealkylation sites (tertiary alicyclic amines) is 1. The van der Waals surface area contributed by atoms with E-state index >= 15 is 0 Å². The van der Waals surface area contributed by atoms with Gasteiger partial charge in [0.05, 0.1) is 6.61 Å². The van der Waals surface area contributed by atoms with Gasteiger partial charge in [-0.25, -0.2) is 0 Å². The van der Waals surface area contributed by atoms with Gasteiger partial charge < -0.3 is 14.4 Å². The van der Waals surface area contributed by atoms with Crippen LogP contribution in [0.5, 0.6) is 11.8 Å². The van der Waals surface area contributed by atoms with Crippen LogP contribution in [0.3, 0.4) is 0 Å². The number of hydrogen-bond acceptors (Lipinski definition) is 5. The Morgan fingerprint density at radius 3 is 2.66 bits per heavy atom. The second kappa shape index (κ2) is 9.40. The number of fused-ring (bicyclic) bond motifs is 2. The van der Waals surface area contributed by atoms with Gasteiger partial charge in [-0.05, 0) is 43.5 Å². The zero-order chi connectivity index (χ0) is 22.8. The molecule has 0 atom stereocenters. The lowest BCUT2D eigenvalue weighted by atomic mass is 9.75. The number of nitrogens with zero attached hydrogens (tertiary/aromatic N) is 2. The third kappa shape index (κ3) is 5.44. The van der Waals surface area contributed by atoms with E-state index < -0.39 is 0 Å². The lowest BCUT2D eigenvalue weighted by Crippen LogP contribution is -2.44. The van der Waals surface area contributed by atoms with Crippen LogP contribution >= 0.6 is 11.6 Å². The molecule has 0 aliphatic carbocycles. The van der Waals surface area contributed by atoms with Crippen molar-refractivity contribution in [1.82, 2.24) is 9.88 Å². The molecule has 2 aromatic rings. The zero-order valence-corrected chi connectivity index (χ0v) is 20.1. The van der Waals surface area contributed by atoms with Crippen LogP contribution in [0.25, 0.3) is 0 Å². The smallest absolute Gasteiger partial charge is 0.220 e. The highest BCUT2D eigenvalue weighted by atomic mass is 35.5. The summed E-state index contributed by atoms with van der Waals surface area (Å²) in [6.07, 6.45) is 3.34. The van der Waals surface area contributed by atoms with Gasteiger partial charge in [0.15, 0.2) is 0 Å². The van der Waals surface area contributed by atoms with E-state index in [0.717, 1.165) is 38.0 Å². The van der Waals surface area contributed by atoms with Crippen LogP contribution in [0.4, 0.5) is 0 Å². The van der Waals surface area contributed by atoms with Crippen LogP contribution in [0.2, 0.25) is 5.02 Å². The van der Waals surface area contributed by atoms with E-state index in [0.29, 0.717) is 48.6 Å². The molecule has 0 N–H and O–H groups in total. The zero-order valence-electron chi connectivity index (χ0n) is 19.3. The van der Waals surface area contributed by atoms with E-state index in [9.17, 15) is 4.79 Å². The van der Waals surface area contributed by atoms with Gasteiger partial charge in [0.25, 0.3) is 0 Å². The Kier molecular flexibility index (Phi) is 6.78. The third-order valence-corrected chi connectivity index (χ3v) is 6.84. The van der Waals surface area contributed by atoms with E-state index in [1.54, 1.807) is 0 Å². The number of carbonyl (C=O) groups excluding carboxylic acids is 1. The molecule has 0 amide bonds. The molecule has 0 unspecified atom stereocenters. The average Bonchev–Trinajstić information content (AvgIpc) is 3.09. The van der Waals surface area contributed by atoms with Gasteiger partial charge in [-0.15, -0.1) is 0 Å². The van der Waals surface area contributed by atoms with Gasteiger partial charge >= 0.3 is 0 Å². The summed E-state index contributed by atoms with van der Waals surface area (Å²) < 4.78 is 11.9. The summed E-state index contributed by atoms with van der Waals surface area (Å²) in [7, 11) is 0. The minimum atomic E-state index is 0.0233. The number of hydrogen-bond donors (Lipinski definition) is 0. The molecule has 1 fully saturated rings. The molecule has 3 heterocycles. The number of piperidine rings is 1. The summed E-state index contributed by atoms with van der Waals surface area (Å²) in [5.41, 5.74) is 2.21. The number of Topliss-reactive ketones (excluding diaryl/α,β-unsaturated/α-hetero) is 1. The van der Waals surface area contributed by atoms with Crippen molar-refractivity contribution in [2.45, 2.75) is 58.5 Å². The highest BCUT2D eigenvalue weighted by molar-refractivity contribution is 6.31. The molecule has 32 heavy (non-hydrogen) atoms. The second-order valence-corrected chi connectivity index (χ2v) is 10.7. The minimum Gasteiger partial charge on any atom is -0.476 e. The van der Waals surface area contributed by atoms with E-state index in [2.05, 4.69) is 36.7 Å². The SMILES string of the molecule is CC(C)(C)CC(=O)CCN1CCC2(CC1)COc1nc(OCc3ccccc3Cl)ccc12. The van der Waals surface area contributed by atoms with Crippen LogP contribution in [0.15, 0.2) is 36.4 Å². The molecular formula is C26H33ClN2O3. The Balaban J connectivity index is 1.32. The molecule has 4 rings (SSSR count). The summed E-state index contributed by atoms with van der Waals surface area (Å²) in [5.74, 6) is 1.60. The second-order valence-electron chi connectivity index (χ2n) is 10.3. The lowest BCUT2D eigenvalue weighted by molar-refractivity contribution is -0.121. The molecule has 2 aliphatic rings. The molecule has 6 heteroatoms. The van der Waals surface area contributed by atoms with Crippen LogP contribution < -0.4 is 9.47 Å². The van der Waals surface area contributed by atoms with Gasteiger partial charge in [0.2, 0.25) is 11.8 Å². The highest BCUT2D eigenvalue weighted by Gasteiger charge is 2.44. The molecule has 0 bridgehead atoms. The van der Waals surface area contributed by atoms with Crippen molar-refractivity contribution in [3.63, 3.8) is 0 Å². The van der Waals surface area contributed by atoms with Crippen LogP contribution in [0.1, 0.15) is 57.6 Å². The first-order valence-corrected chi connectivity index (χ1v) is 11.9. The van der Waals surface area contributed by atoms with Crippen molar-refractivity contribution in [3.05, 3.63) is 52.5 Å². The Bertz CT molecular complexity index is 962. The fourth-order valence-corrected chi connectivity index (χ4v) is 4.84. The minimum absolute atomic E-state index is 0.0233. The highest BCUT2D eigenvalue weighted by Crippen LogP contribution is 2.45. The molecule has 0 radical (unpaired) electrons. The number of halogens is 1. The van der Waals surface area contributed by atoms with Crippen LogP contribution in [-0.2, 0) is 16.8 Å². The summed E-state index contributed by atoms with van der Waals surface area (Å²) in [5, 5.41) is 0.690. The van der Waals surface area contributed by atoms with Crippen molar-refractivity contribution in [2.75, 3.05) is 26.2 Å². The number of ether oxygens (including phenoxy) is 2. The van der Waals surface area contributed by atoms with Gasteiger partial charge in [0, 0.05) is 47.0 Å². The van der Waals surface area contributed by atoms with Gasteiger partial charge in [0.1, 0.15) is 12.4 Å². The first-order chi connectivity index (χ1) is 15.2. The standard InChI is InChI=1S/C26H33ClN2O3/c1-25(2,3)16-20(30)10-13-29-14-11-26(12-15-29)18-32-24-21(26)8-9-23(28-24)31-17-19-6-4-5-7-22(19)27/h4-9H,10-18H2,1-3H3. The van der Waals surface area contributed by atoms with E-state index in [1.165, 1.54) is 5.56 Å². The summed E-state index contributed by atoms with van der Waals surface area (Å²) in [6.45, 7) is 10.2. The molecule has 1 saturated heterocycles. The summed E-state index contributed by atoms with van der Waals surface area (Å²) >= 11 is 6.21. The number of carbonyl (C=O) groups is 1. The molecule has 1 aromatic carbocycles. The predicted octanol–water partition coefficient (Wildman–Crippen LogP) is 5.44.